The number of aliphatic hydroxyl groups is 1. The third-order valence-electron chi connectivity index (χ3n) is 5.87. The number of aromatic nitrogens is 4. The van der Waals surface area contributed by atoms with E-state index in [1.54, 1.807) is 0 Å². The first-order valence-electron chi connectivity index (χ1n) is 10.8. The molecule has 0 bridgehead atoms. The van der Waals surface area contributed by atoms with Crippen molar-refractivity contribution in [2.45, 2.75) is 36.4 Å². The zero-order valence-corrected chi connectivity index (χ0v) is 20.1. The van der Waals surface area contributed by atoms with E-state index in [1.807, 2.05) is 0 Å². The highest BCUT2D eigenvalue weighted by molar-refractivity contribution is 6.28. The van der Waals surface area contributed by atoms with Crippen LogP contribution >= 0.6 is 11.6 Å². The molecule has 0 spiro atoms. The van der Waals surface area contributed by atoms with Crippen LogP contribution in [0.3, 0.4) is 0 Å². The van der Waals surface area contributed by atoms with Crippen LogP contribution in [-0.4, -0.2) is 84.2 Å². The number of aliphatic hydroxyl groups excluding tert-OH is 1. The van der Waals surface area contributed by atoms with Gasteiger partial charge in [0.1, 0.15) is 30.1 Å². The summed E-state index contributed by atoms with van der Waals surface area (Å²) in [6, 6.07) is 3.96. The summed E-state index contributed by atoms with van der Waals surface area (Å²) < 4.78 is 68.7. The Labute approximate surface area is 219 Å². The number of nitrogens with zero attached hydrogens (tertiary/aromatic N) is 4. The fourth-order valence-corrected chi connectivity index (χ4v) is 4.16. The number of imidazole rings is 1. The number of fused-ring (bicyclic) bond motifs is 1. The lowest BCUT2D eigenvalue weighted by Gasteiger charge is -2.29. The zero-order valence-electron chi connectivity index (χ0n) is 19.3. The number of alkyl halides is 4. The Morgan fingerprint density at radius 3 is 2.59 bits per heavy atom. The minimum Gasteiger partial charge on any atom is -0.479 e. The Hall–Kier alpha value is -3.80. The number of hydrogen-bond donors (Lipinski definition) is 4. The van der Waals surface area contributed by atoms with Gasteiger partial charge in [-0.3, -0.25) is 4.57 Å². The monoisotopic (exact) mass is 579 g/mol. The van der Waals surface area contributed by atoms with Crippen molar-refractivity contribution in [2.24, 2.45) is 0 Å². The lowest BCUT2D eigenvalue weighted by Crippen LogP contribution is -2.53. The van der Waals surface area contributed by atoms with Crippen LogP contribution in [-0.2, 0) is 31.3 Å². The van der Waals surface area contributed by atoms with Crippen LogP contribution in [0.4, 0.5) is 23.4 Å². The molecule has 5 N–H and O–H groups in total. The maximum absolute atomic E-state index is 16.0. The lowest BCUT2D eigenvalue weighted by atomic mass is 9.94. The highest BCUT2D eigenvalue weighted by Crippen LogP contribution is 2.37. The van der Waals surface area contributed by atoms with E-state index in [9.17, 15) is 38.1 Å². The van der Waals surface area contributed by atoms with Crippen molar-refractivity contribution in [1.29, 1.82) is 0 Å². The van der Waals surface area contributed by atoms with Crippen LogP contribution in [0.25, 0.3) is 11.2 Å². The molecule has 1 fully saturated rings. The van der Waals surface area contributed by atoms with E-state index >= 15 is 4.39 Å². The average Bonchev–Trinajstić information content (AvgIpc) is 3.37. The van der Waals surface area contributed by atoms with E-state index in [0.29, 0.717) is 0 Å². The Kier molecular flexibility index (Phi) is 7.28. The fourth-order valence-electron chi connectivity index (χ4n) is 3.98. The van der Waals surface area contributed by atoms with E-state index in [2.05, 4.69) is 19.7 Å². The van der Waals surface area contributed by atoms with E-state index in [1.165, 1.54) is 0 Å². The third kappa shape index (κ3) is 5.38. The standard InChI is InChI=1S/C21H18ClF4N5O8/c22-18-29-14(27)12-15(30-18)31(8-28-12)20(23)7-37-11(13(20)32)6-38-19(16(33)34,17(35)36)5-9-2-1-3-10(4-9)39-21(24,25)26/h1-4,8,11,13,32H,5-7H2,(H,33,34)(H,35,36)(H2,27,29,30)/t11-,13-,20+/m1/s1. The molecular formula is C21H18ClF4N5O8. The fraction of sp³-hybridized carbons (Fsp3) is 0.381. The summed E-state index contributed by atoms with van der Waals surface area (Å²) in [5.74, 6) is -7.67. The molecule has 1 aromatic carbocycles. The number of benzene rings is 1. The number of aliphatic carboxylic acids is 2. The summed E-state index contributed by atoms with van der Waals surface area (Å²) in [7, 11) is 0. The molecule has 3 atom stereocenters. The molecule has 13 nitrogen and oxygen atoms in total. The number of hydrogen-bond acceptors (Lipinski definition) is 10. The van der Waals surface area contributed by atoms with Crippen LogP contribution in [0.2, 0.25) is 5.28 Å². The summed E-state index contributed by atoms with van der Waals surface area (Å²) in [4.78, 5) is 35.5. The summed E-state index contributed by atoms with van der Waals surface area (Å²) >= 11 is 5.78. The van der Waals surface area contributed by atoms with Crippen molar-refractivity contribution in [1.82, 2.24) is 19.5 Å². The molecule has 1 saturated heterocycles. The largest absolute Gasteiger partial charge is 0.573 e. The highest BCUT2D eigenvalue weighted by atomic mass is 35.5. The molecule has 0 amide bonds. The summed E-state index contributed by atoms with van der Waals surface area (Å²) in [6.45, 7) is -1.77. The van der Waals surface area contributed by atoms with Crippen molar-refractivity contribution in [2.75, 3.05) is 18.9 Å². The van der Waals surface area contributed by atoms with Gasteiger partial charge >= 0.3 is 18.3 Å². The normalized spacial score (nSPS) is 21.8. The van der Waals surface area contributed by atoms with Gasteiger partial charge in [-0.2, -0.15) is 9.97 Å². The number of rotatable bonds is 9. The van der Waals surface area contributed by atoms with Gasteiger partial charge in [-0.05, 0) is 29.3 Å². The number of carboxylic acid groups (broad SMARTS) is 2. The molecule has 39 heavy (non-hydrogen) atoms. The number of nitrogen functional groups attached to an aromatic ring is 1. The average molecular weight is 580 g/mol. The number of carbonyl (C=O) groups is 2. The molecule has 1 aliphatic rings. The Morgan fingerprint density at radius 2 is 1.95 bits per heavy atom. The molecule has 3 heterocycles. The molecule has 210 valence electrons. The van der Waals surface area contributed by atoms with Crippen molar-refractivity contribution in [3.63, 3.8) is 0 Å². The number of anilines is 1. The molecule has 18 heteroatoms. The van der Waals surface area contributed by atoms with Crippen LogP contribution < -0.4 is 10.5 Å². The van der Waals surface area contributed by atoms with Crippen molar-refractivity contribution < 1.29 is 56.7 Å². The first-order chi connectivity index (χ1) is 18.2. The number of halogens is 5. The first kappa shape index (κ1) is 28.2. The topological polar surface area (TPSA) is 192 Å². The SMILES string of the molecule is Nc1nc(Cl)nc2c1ncn2[C@@]1(F)CO[C@H](COC(Cc2cccc(OC(F)(F)F)c2)(C(=O)O)C(=O)O)[C@H]1O. The molecule has 2 aromatic heterocycles. The molecular weight excluding hydrogens is 562 g/mol. The molecule has 0 saturated carbocycles. The third-order valence-corrected chi connectivity index (χ3v) is 6.04. The molecule has 1 aliphatic heterocycles. The smallest absolute Gasteiger partial charge is 0.479 e. The van der Waals surface area contributed by atoms with E-state index < -0.39 is 67.3 Å². The highest BCUT2D eigenvalue weighted by Gasteiger charge is 2.55. The number of ether oxygens (including phenoxy) is 3. The molecule has 4 rings (SSSR count). The summed E-state index contributed by atoms with van der Waals surface area (Å²) in [5.41, 5.74) is 2.23. The maximum atomic E-state index is 16.0. The molecule has 0 aliphatic carbocycles. The summed E-state index contributed by atoms with van der Waals surface area (Å²) in [5, 5.41) is 29.9. The van der Waals surface area contributed by atoms with Gasteiger partial charge in [0.2, 0.25) is 11.1 Å². The Morgan fingerprint density at radius 1 is 1.26 bits per heavy atom. The molecule has 0 radical (unpaired) electrons. The van der Waals surface area contributed by atoms with E-state index in [4.69, 9.17) is 26.8 Å². The van der Waals surface area contributed by atoms with Gasteiger partial charge in [0.15, 0.2) is 11.5 Å². The van der Waals surface area contributed by atoms with Crippen molar-refractivity contribution in [3.05, 3.63) is 41.4 Å². The quantitative estimate of drug-likeness (QED) is 0.162. The van der Waals surface area contributed by atoms with Gasteiger partial charge in [0.05, 0.1) is 12.9 Å². The van der Waals surface area contributed by atoms with Crippen LogP contribution in [0.1, 0.15) is 5.56 Å². The minimum atomic E-state index is -5.05. The van der Waals surface area contributed by atoms with Gasteiger partial charge in [-0.25, -0.2) is 19.0 Å². The van der Waals surface area contributed by atoms with Crippen LogP contribution in [0.5, 0.6) is 5.75 Å². The predicted molar refractivity (Wildman–Crippen MR) is 120 cm³/mol. The summed E-state index contributed by atoms with van der Waals surface area (Å²) in [6.07, 6.45) is -8.72. The van der Waals surface area contributed by atoms with E-state index in [-0.39, 0.29) is 27.8 Å². The zero-order chi connectivity index (χ0) is 28.8. The lowest BCUT2D eigenvalue weighted by molar-refractivity contribution is -0.274. The predicted octanol–water partition coefficient (Wildman–Crippen LogP) is 1.51. The van der Waals surface area contributed by atoms with Gasteiger partial charge < -0.3 is 35.3 Å². The van der Waals surface area contributed by atoms with Crippen LogP contribution in [0, 0.1) is 0 Å². The molecule has 3 aromatic rings. The Balaban J connectivity index is 1.57. The van der Waals surface area contributed by atoms with Gasteiger partial charge in [0.25, 0.3) is 5.60 Å². The second-order valence-corrected chi connectivity index (χ2v) is 8.74. The minimum absolute atomic E-state index is 0.0316. The number of carboxylic acids is 2. The molecule has 0 unspecified atom stereocenters. The first-order valence-corrected chi connectivity index (χ1v) is 11.1. The maximum Gasteiger partial charge on any atom is 0.573 e. The van der Waals surface area contributed by atoms with E-state index in [0.717, 1.165) is 35.2 Å². The van der Waals surface area contributed by atoms with Crippen molar-refractivity contribution >= 4 is 40.5 Å². The van der Waals surface area contributed by atoms with Gasteiger partial charge in [0, 0.05) is 6.42 Å². The second-order valence-electron chi connectivity index (χ2n) is 8.40. The van der Waals surface area contributed by atoms with Gasteiger partial charge in [-0.1, -0.05) is 12.1 Å². The van der Waals surface area contributed by atoms with Gasteiger partial charge in [-0.15, -0.1) is 13.2 Å². The second kappa shape index (κ2) is 10.1. The van der Waals surface area contributed by atoms with Crippen molar-refractivity contribution in [3.8, 4) is 5.75 Å². The van der Waals surface area contributed by atoms with Crippen LogP contribution in [0.15, 0.2) is 30.6 Å². The Bertz CT molecular complexity index is 1410. The number of nitrogens with two attached hydrogens (primary N) is 1.